The summed E-state index contributed by atoms with van der Waals surface area (Å²) in [5.41, 5.74) is 2.20. The van der Waals surface area contributed by atoms with Gasteiger partial charge in [0, 0.05) is 11.8 Å². The fraction of sp³-hybridized carbons (Fsp3) is 0.0833. The second kappa shape index (κ2) is 4.65. The summed E-state index contributed by atoms with van der Waals surface area (Å²) in [6.07, 6.45) is 1.67. The summed E-state index contributed by atoms with van der Waals surface area (Å²) in [5.74, 6) is -0.181. The Kier molecular flexibility index (Phi) is 3.21. The van der Waals surface area contributed by atoms with Gasteiger partial charge in [-0.25, -0.2) is 13.6 Å². The molecule has 2 N–H and O–H groups in total. The molecule has 0 aliphatic carbocycles. The molecule has 1 heterocycles. The first-order valence-electron chi connectivity index (χ1n) is 5.06. The Bertz CT molecular complexity index is 609. The molecule has 4 nitrogen and oxygen atoms in total. The first-order chi connectivity index (χ1) is 8.06. The number of benzene rings is 1. The van der Waals surface area contributed by atoms with Crippen LogP contribution in [0.15, 0.2) is 48.7 Å². The van der Waals surface area contributed by atoms with Crippen LogP contribution in [0, 0.1) is 0 Å². The Hall–Kier alpha value is -1.72. The molecule has 0 amide bonds. The van der Waals surface area contributed by atoms with Crippen LogP contribution in [0.5, 0.6) is 0 Å². The standard InChI is InChI=1S/C12H12N2O2S/c13-17(15,16)9-10-5-1-2-6-11(10)12-7-3-4-8-14-12/h1-8H,9H2,(H2,13,15,16). The number of aromatic nitrogens is 1. The molecule has 1 aromatic heterocycles. The van der Waals surface area contributed by atoms with Crippen molar-refractivity contribution in [2.75, 3.05) is 0 Å². The first-order valence-corrected chi connectivity index (χ1v) is 6.77. The molecule has 0 aliphatic heterocycles. The number of nitrogens with zero attached hydrogens (tertiary/aromatic N) is 1. The molecule has 0 unspecified atom stereocenters. The molecule has 1 aromatic carbocycles. The summed E-state index contributed by atoms with van der Waals surface area (Å²) in [5, 5.41) is 5.07. The summed E-state index contributed by atoms with van der Waals surface area (Å²) in [6, 6.07) is 12.7. The summed E-state index contributed by atoms with van der Waals surface area (Å²) in [6.45, 7) is 0. The quantitative estimate of drug-likeness (QED) is 0.895. The second-order valence-electron chi connectivity index (χ2n) is 3.68. The molecule has 0 aliphatic rings. The smallest absolute Gasteiger partial charge is 0.213 e. The van der Waals surface area contributed by atoms with Gasteiger partial charge >= 0.3 is 0 Å². The Balaban J connectivity index is 2.49. The van der Waals surface area contributed by atoms with Crippen molar-refractivity contribution in [2.45, 2.75) is 5.75 Å². The van der Waals surface area contributed by atoms with Crippen molar-refractivity contribution in [2.24, 2.45) is 5.14 Å². The van der Waals surface area contributed by atoms with Gasteiger partial charge in [-0.3, -0.25) is 4.98 Å². The number of primary sulfonamides is 1. The van der Waals surface area contributed by atoms with Crippen LogP contribution in [0.3, 0.4) is 0 Å². The van der Waals surface area contributed by atoms with Crippen LogP contribution in [0.25, 0.3) is 11.3 Å². The third-order valence-electron chi connectivity index (χ3n) is 2.31. The highest BCUT2D eigenvalue weighted by atomic mass is 32.2. The molecule has 2 rings (SSSR count). The Morgan fingerprint density at radius 3 is 2.41 bits per heavy atom. The van der Waals surface area contributed by atoms with Crippen LogP contribution in [0.2, 0.25) is 0 Å². The molecule has 0 spiro atoms. The third-order valence-corrected chi connectivity index (χ3v) is 3.03. The first kappa shape index (κ1) is 11.8. The second-order valence-corrected chi connectivity index (χ2v) is 5.29. The fourth-order valence-corrected chi connectivity index (χ4v) is 2.32. The van der Waals surface area contributed by atoms with Crippen molar-refractivity contribution >= 4 is 10.0 Å². The maximum absolute atomic E-state index is 11.1. The minimum Gasteiger partial charge on any atom is -0.256 e. The summed E-state index contributed by atoms with van der Waals surface area (Å²) >= 11 is 0. The largest absolute Gasteiger partial charge is 0.256 e. The lowest BCUT2D eigenvalue weighted by Gasteiger charge is -2.07. The lowest BCUT2D eigenvalue weighted by molar-refractivity contribution is 0.597. The maximum atomic E-state index is 11.1. The highest BCUT2D eigenvalue weighted by molar-refractivity contribution is 7.88. The number of rotatable bonds is 3. The Morgan fingerprint density at radius 2 is 1.76 bits per heavy atom. The normalized spacial score (nSPS) is 11.4. The van der Waals surface area contributed by atoms with E-state index in [4.69, 9.17) is 5.14 Å². The van der Waals surface area contributed by atoms with Gasteiger partial charge in [-0.1, -0.05) is 30.3 Å². The van der Waals surface area contributed by atoms with Crippen LogP contribution < -0.4 is 5.14 Å². The summed E-state index contributed by atoms with van der Waals surface area (Å²) in [7, 11) is -3.54. The zero-order chi connectivity index (χ0) is 12.3. The van der Waals surface area contributed by atoms with E-state index in [1.54, 1.807) is 18.3 Å². The Morgan fingerprint density at radius 1 is 1.06 bits per heavy atom. The van der Waals surface area contributed by atoms with Gasteiger partial charge in [0.2, 0.25) is 10.0 Å². The van der Waals surface area contributed by atoms with Gasteiger partial charge in [-0.05, 0) is 17.7 Å². The van der Waals surface area contributed by atoms with E-state index in [2.05, 4.69) is 4.98 Å². The van der Waals surface area contributed by atoms with Gasteiger partial charge in [-0.2, -0.15) is 0 Å². The van der Waals surface area contributed by atoms with E-state index in [1.807, 2.05) is 30.3 Å². The Labute approximate surface area is 100 Å². The van der Waals surface area contributed by atoms with Crippen LogP contribution >= 0.6 is 0 Å². The van der Waals surface area contributed by atoms with Crippen LogP contribution in [-0.2, 0) is 15.8 Å². The molecular formula is C12H12N2O2S. The number of pyridine rings is 1. The lowest BCUT2D eigenvalue weighted by Crippen LogP contribution is -2.15. The van der Waals surface area contributed by atoms with Gasteiger partial charge in [0.25, 0.3) is 0 Å². The molecule has 0 saturated carbocycles. The van der Waals surface area contributed by atoms with Crippen molar-refractivity contribution in [3.8, 4) is 11.3 Å². The molecule has 2 aromatic rings. The molecule has 0 atom stereocenters. The van der Waals surface area contributed by atoms with E-state index in [0.29, 0.717) is 5.56 Å². The zero-order valence-electron chi connectivity index (χ0n) is 9.08. The topological polar surface area (TPSA) is 73.1 Å². The van der Waals surface area contributed by atoms with E-state index in [0.717, 1.165) is 11.3 Å². The predicted molar refractivity (Wildman–Crippen MR) is 66.5 cm³/mol. The van der Waals surface area contributed by atoms with Gasteiger partial charge in [0.15, 0.2) is 0 Å². The number of sulfonamides is 1. The minimum atomic E-state index is -3.54. The van der Waals surface area contributed by atoms with Crippen molar-refractivity contribution in [3.05, 3.63) is 54.2 Å². The van der Waals surface area contributed by atoms with Crippen molar-refractivity contribution < 1.29 is 8.42 Å². The maximum Gasteiger partial charge on any atom is 0.213 e. The fourth-order valence-electron chi connectivity index (χ4n) is 1.63. The van der Waals surface area contributed by atoms with Crippen LogP contribution in [-0.4, -0.2) is 13.4 Å². The molecule has 0 bridgehead atoms. The lowest BCUT2D eigenvalue weighted by atomic mass is 10.1. The molecule has 0 fully saturated rings. The number of nitrogens with two attached hydrogens (primary N) is 1. The predicted octanol–water partition coefficient (Wildman–Crippen LogP) is 1.54. The van der Waals surface area contributed by atoms with Crippen molar-refractivity contribution in [1.82, 2.24) is 4.98 Å². The number of hydrogen-bond acceptors (Lipinski definition) is 3. The molecule has 0 saturated heterocycles. The van der Waals surface area contributed by atoms with Crippen LogP contribution in [0.1, 0.15) is 5.56 Å². The van der Waals surface area contributed by atoms with Crippen LogP contribution in [0.4, 0.5) is 0 Å². The van der Waals surface area contributed by atoms with E-state index in [1.165, 1.54) is 0 Å². The molecule has 17 heavy (non-hydrogen) atoms. The summed E-state index contributed by atoms with van der Waals surface area (Å²) in [4.78, 5) is 4.20. The van der Waals surface area contributed by atoms with E-state index >= 15 is 0 Å². The van der Waals surface area contributed by atoms with Crippen molar-refractivity contribution in [3.63, 3.8) is 0 Å². The molecule has 5 heteroatoms. The average molecular weight is 248 g/mol. The van der Waals surface area contributed by atoms with Gasteiger partial charge in [-0.15, -0.1) is 0 Å². The SMILES string of the molecule is NS(=O)(=O)Cc1ccccc1-c1ccccn1. The third kappa shape index (κ3) is 3.12. The van der Waals surface area contributed by atoms with Gasteiger partial charge < -0.3 is 0 Å². The molecule has 88 valence electrons. The average Bonchev–Trinajstić information content (AvgIpc) is 2.29. The highest BCUT2D eigenvalue weighted by Crippen LogP contribution is 2.22. The monoisotopic (exact) mass is 248 g/mol. The molecular weight excluding hydrogens is 236 g/mol. The zero-order valence-corrected chi connectivity index (χ0v) is 9.89. The molecule has 0 radical (unpaired) electrons. The van der Waals surface area contributed by atoms with Gasteiger partial charge in [0.05, 0.1) is 11.4 Å². The minimum absolute atomic E-state index is 0.181. The van der Waals surface area contributed by atoms with E-state index < -0.39 is 10.0 Å². The van der Waals surface area contributed by atoms with E-state index in [-0.39, 0.29) is 5.75 Å². The van der Waals surface area contributed by atoms with Gasteiger partial charge in [0.1, 0.15) is 0 Å². The summed E-state index contributed by atoms with van der Waals surface area (Å²) < 4.78 is 22.3. The van der Waals surface area contributed by atoms with Crippen molar-refractivity contribution in [1.29, 1.82) is 0 Å². The highest BCUT2D eigenvalue weighted by Gasteiger charge is 2.10. The number of hydrogen-bond donors (Lipinski definition) is 1. The van der Waals surface area contributed by atoms with E-state index in [9.17, 15) is 8.42 Å².